The molecule has 0 bridgehead atoms. The Morgan fingerprint density at radius 2 is 1.68 bits per heavy atom. The Morgan fingerprint density at radius 3 is 2.45 bits per heavy atom. The Kier molecular flexibility index (Phi) is 6.26. The highest BCUT2D eigenvalue weighted by molar-refractivity contribution is 6.10. The van der Waals surface area contributed by atoms with Crippen molar-refractivity contribution in [2.24, 2.45) is 0 Å². The van der Waals surface area contributed by atoms with Crippen molar-refractivity contribution in [1.82, 2.24) is 0 Å². The maximum absolute atomic E-state index is 13.9. The van der Waals surface area contributed by atoms with Gasteiger partial charge in [-0.25, -0.2) is 0 Å². The molecule has 0 saturated carbocycles. The molecule has 2 heterocycles. The second-order valence-corrected chi connectivity index (χ2v) is 9.84. The SMILES string of the molecule is Cc1ccc([C@H]2CC(=O)C3=C(C2)Nc2ccccc2N(C(=O)/C=C/c2ccccc2)[C@H]3c2ccco2)cc1. The van der Waals surface area contributed by atoms with Gasteiger partial charge in [0.1, 0.15) is 11.8 Å². The molecule has 3 aromatic carbocycles. The van der Waals surface area contributed by atoms with E-state index in [9.17, 15) is 9.59 Å². The summed E-state index contributed by atoms with van der Waals surface area (Å²) in [6, 6.07) is 28.7. The van der Waals surface area contributed by atoms with Gasteiger partial charge in [-0.3, -0.25) is 14.5 Å². The second-order valence-electron chi connectivity index (χ2n) is 9.84. The van der Waals surface area contributed by atoms with Crippen LogP contribution in [0.3, 0.4) is 0 Å². The first-order valence-electron chi connectivity index (χ1n) is 12.9. The maximum atomic E-state index is 13.9. The molecule has 5 heteroatoms. The number of para-hydroxylation sites is 2. The number of furan rings is 1. The molecule has 2 atom stereocenters. The number of Topliss-reactive ketones (excluding diaryl/α,β-unsaturated/α-hetero) is 1. The summed E-state index contributed by atoms with van der Waals surface area (Å²) in [4.78, 5) is 29.6. The van der Waals surface area contributed by atoms with Gasteiger partial charge in [0.05, 0.1) is 17.6 Å². The van der Waals surface area contributed by atoms with Crippen molar-refractivity contribution < 1.29 is 14.0 Å². The van der Waals surface area contributed by atoms with Crippen LogP contribution in [0, 0.1) is 6.92 Å². The summed E-state index contributed by atoms with van der Waals surface area (Å²) < 4.78 is 5.88. The highest BCUT2D eigenvalue weighted by atomic mass is 16.3. The molecular formula is C33H28N2O3. The third-order valence-corrected chi connectivity index (χ3v) is 7.31. The van der Waals surface area contributed by atoms with Crippen LogP contribution in [0.25, 0.3) is 6.08 Å². The maximum Gasteiger partial charge on any atom is 0.252 e. The lowest BCUT2D eigenvalue weighted by Gasteiger charge is -2.33. The van der Waals surface area contributed by atoms with Crippen LogP contribution in [0.2, 0.25) is 0 Å². The third-order valence-electron chi connectivity index (χ3n) is 7.31. The lowest BCUT2D eigenvalue weighted by Crippen LogP contribution is -2.37. The van der Waals surface area contributed by atoms with Crippen LogP contribution in [0.15, 0.2) is 119 Å². The average Bonchev–Trinajstić information content (AvgIpc) is 3.42. The van der Waals surface area contributed by atoms with Gasteiger partial charge in [-0.05, 0) is 60.7 Å². The molecule has 0 spiro atoms. The molecule has 38 heavy (non-hydrogen) atoms. The standard InChI is InChI=1S/C33H28N2O3/c1-22-13-16-24(17-14-22)25-20-27-32(29(36)21-25)33(30-12-7-19-38-30)35(28-11-6-5-10-26(28)34-27)31(37)18-15-23-8-3-2-4-9-23/h2-19,25,33-34H,20-21H2,1H3/b18-15+/t25-,33+/m1/s1. The van der Waals surface area contributed by atoms with E-state index in [4.69, 9.17) is 4.42 Å². The van der Waals surface area contributed by atoms with Gasteiger partial charge >= 0.3 is 0 Å². The minimum Gasteiger partial charge on any atom is -0.467 e. The van der Waals surface area contributed by atoms with Crippen molar-refractivity contribution in [2.75, 3.05) is 10.2 Å². The molecule has 1 aliphatic heterocycles. The Morgan fingerprint density at radius 1 is 0.921 bits per heavy atom. The minimum atomic E-state index is -0.685. The van der Waals surface area contributed by atoms with Crippen molar-refractivity contribution in [3.05, 3.63) is 137 Å². The lowest BCUT2D eigenvalue weighted by atomic mass is 9.79. The van der Waals surface area contributed by atoms with Crippen LogP contribution in [0.1, 0.15) is 47.3 Å². The first-order valence-corrected chi connectivity index (χ1v) is 12.9. The summed E-state index contributed by atoms with van der Waals surface area (Å²) in [5.41, 5.74) is 6.16. The first-order chi connectivity index (χ1) is 18.6. The summed E-state index contributed by atoms with van der Waals surface area (Å²) in [5.74, 6) is 0.397. The number of fused-ring (bicyclic) bond motifs is 1. The predicted molar refractivity (Wildman–Crippen MR) is 150 cm³/mol. The zero-order chi connectivity index (χ0) is 26.1. The van der Waals surface area contributed by atoms with Gasteiger partial charge in [0.25, 0.3) is 5.91 Å². The fourth-order valence-corrected chi connectivity index (χ4v) is 5.44. The predicted octanol–water partition coefficient (Wildman–Crippen LogP) is 7.20. The smallest absolute Gasteiger partial charge is 0.252 e. The molecule has 188 valence electrons. The van der Waals surface area contributed by atoms with E-state index in [1.54, 1.807) is 29.4 Å². The topological polar surface area (TPSA) is 62.6 Å². The van der Waals surface area contributed by atoms with Gasteiger partial charge in [0, 0.05) is 23.8 Å². The third kappa shape index (κ3) is 4.48. The van der Waals surface area contributed by atoms with Gasteiger partial charge < -0.3 is 9.73 Å². The highest BCUT2D eigenvalue weighted by Gasteiger charge is 2.42. The molecule has 6 rings (SSSR count). The van der Waals surface area contributed by atoms with Crippen LogP contribution in [0.5, 0.6) is 0 Å². The number of amides is 1. The number of carbonyl (C=O) groups is 2. The Bertz CT molecular complexity index is 1530. The number of hydrogen-bond acceptors (Lipinski definition) is 4. The number of hydrogen-bond donors (Lipinski definition) is 1. The Hall–Kier alpha value is -4.64. The number of carbonyl (C=O) groups excluding carboxylic acids is 2. The van der Waals surface area contributed by atoms with Crippen LogP contribution >= 0.6 is 0 Å². The summed E-state index contributed by atoms with van der Waals surface area (Å²) in [6.45, 7) is 2.06. The molecule has 0 unspecified atom stereocenters. The summed E-state index contributed by atoms with van der Waals surface area (Å²) in [5, 5.41) is 3.55. The molecule has 1 aliphatic carbocycles. The van der Waals surface area contributed by atoms with E-state index in [2.05, 4.69) is 36.5 Å². The van der Waals surface area contributed by atoms with E-state index < -0.39 is 6.04 Å². The molecule has 4 aromatic rings. The molecule has 1 aromatic heterocycles. The summed E-state index contributed by atoms with van der Waals surface area (Å²) in [7, 11) is 0. The fourth-order valence-electron chi connectivity index (χ4n) is 5.44. The molecule has 1 N–H and O–H groups in total. The molecule has 1 amide bonds. The number of nitrogens with one attached hydrogen (secondary N) is 1. The van der Waals surface area contributed by atoms with E-state index in [1.807, 2.05) is 60.7 Å². The van der Waals surface area contributed by atoms with Gasteiger partial charge in [-0.15, -0.1) is 0 Å². The largest absolute Gasteiger partial charge is 0.467 e. The molecule has 2 aliphatic rings. The number of nitrogens with zero attached hydrogens (tertiary/aromatic N) is 1. The normalized spacial score (nSPS) is 19.1. The Balaban J connectivity index is 1.47. The average molecular weight is 501 g/mol. The molecule has 5 nitrogen and oxygen atoms in total. The lowest BCUT2D eigenvalue weighted by molar-refractivity contribution is -0.117. The van der Waals surface area contributed by atoms with E-state index in [0.717, 1.165) is 22.5 Å². The number of allylic oxidation sites excluding steroid dienone is 1. The highest BCUT2D eigenvalue weighted by Crippen LogP contribution is 2.47. The number of anilines is 2. The minimum absolute atomic E-state index is 0.0170. The van der Waals surface area contributed by atoms with Crippen LogP contribution in [-0.2, 0) is 9.59 Å². The zero-order valence-corrected chi connectivity index (χ0v) is 21.1. The van der Waals surface area contributed by atoms with E-state index in [1.165, 1.54) is 5.56 Å². The molecule has 0 radical (unpaired) electrons. The Labute approximate surface area is 222 Å². The van der Waals surface area contributed by atoms with E-state index in [0.29, 0.717) is 29.9 Å². The van der Waals surface area contributed by atoms with E-state index >= 15 is 0 Å². The molecule has 0 fully saturated rings. The van der Waals surface area contributed by atoms with Crippen LogP contribution < -0.4 is 10.2 Å². The number of ketones is 1. The molecule has 0 saturated heterocycles. The number of aryl methyl sites for hydroxylation is 1. The van der Waals surface area contributed by atoms with Gasteiger partial charge in [-0.1, -0.05) is 72.3 Å². The second kappa shape index (κ2) is 10.0. The summed E-state index contributed by atoms with van der Waals surface area (Å²) >= 11 is 0. The zero-order valence-electron chi connectivity index (χ0n) is 21.1. The first kappa shape index (κ1) is 23.7. The van der Waals surface area contributed by atoms with Crippen LogP contribution in [-0.4, -0.2) is 11.7 Å². The van der Waals surface area contributed by atoms with Gasteiger partial charge in [-0.2, -0.15) is 0 Å². The van der Waals surface area contributed by atoms with Crippen molar-refractivity contribution in [3.63, 3.8) is 0 Å². The van der Waals surface area contributed by atoms with Crippen molar-refractivity contribution in [2.45, 2.75) is 31.7 Å². The van der Waals surface area contributed by atoms with E-state index in [-0.39, 0.29) is 17.6 Å². The van der Waals surface area contributed by atoms with Crippen molar-refractivity contribution in [3.8, 4) is 0 Å². The quantitative estimate of drug-likeness (QED) is 0.301. The van der Waals surface area contributed by atoms with Crippen molar-refractivity contribution >= 4 is 29.1 Å². The van der Waals surface area contributed by atoms with Crippen LogP contribution in [0.4, 0.5) is 11.4 Å². The van der Waals surface area contributed by atoms with Crippen molar-refractivity contribution in [1.29, 1.82) is 0 Å². The summed E-state index contributed by atoms with van der Waals surface area (Å²) in [6.07, 6.45) is 5.99. The van der Waals surface area contributed by atoms with Gasteiger partial charge in [0.2, 0.25) is 0 Å². The van der Waals surface area contributed by atoms with Gasteiger partial charge in [0.15, 0.2) is 5.78 Å². The number of rotatable bonds is 4. The molecular weight excluding hydrogens is 472 g/mol. The fraction of sp³-hybridized carbons (Fsp3) is 0.152. The monoisotopic (exact) mass is 500 g/mol. The number of benzene rings is 3.